The monoisotopic (exact) mass is 360 g/mol. The van der Waals surface area contributed by atoms with Gasteiger partial charge in [-0.3, -0.25) is 9.69 Å². The number of carbonyl (C=O) groups is 1. The van der Waals surface area contributed by atoms with Crippen molar-refractivity contribution >= 4 is 17.5 Å². The Morgan fingerprint density at radius 1 is 1.20 bits per heavy atom. The zero-order chi connectivity index (χ0) is 17.6. The molecule has 3 nitrogen and oxygen atoms in total. The third-order valence-electron chi connectivity index (χ3n) is 4.63. The number of nitrogens with one attached hydrogen (secondary N) is 1. The van der Waals surface area contributed by atoms with Gasteiger partial charge in [-0.2, -0.15) is 0 Å². The Morgan fingerprint density at radius 3 is 2.76 bits per heavy atom. The number of halogens is 2. The molecule has 0 aliphatic carbocycles. The summed E-state index contributed by atoms with van der Waals surface area (Å²) in [6.45, 7) is 2.46. The number of nitrogens with zero attached hydrogens (tertiary/aromatic N) is 1. The van der Waals surface area contributed by atoms with Gasteiger partial charge in [0.25, 0.3) is 0 Å². The van der Waals surface area contributed by atoms with Gasteiger partial charge in [-0.25, -0.2) is 4.39 Å². The van der Waals surface area contributed by atoms with Gasteiger partial charge >= 0.3 is 0 Å². The summed E-state index contributed by atoms with van der Waals surface area (Å²) in [5.41, 5.74) is 1.59. The van der Waals surface area contributed by atoms with Crippen molar-refractivity contribution in [1.29, 1.82) is 0 Å². The Labute approximate surface area is 152 Å². The largest absolute Gasteiger partial charge is 0.352 e. The molecule has 0 bridgehead atoms. The number of hydrogen-bond donors (Lipinski definition) is 1. The topological polar surface area (TPSA) is 32.3 Å². The number of benzene rings is 2. The maximum absolute atomic E-state index is 14.0. The van der Waals surface area contributed by atoms with Gasteiger partial charge in [-0.1, -0.05) is 48.0 Å². The smallest absolute Gasteiger partial charge is 0.224 e. The molecule has 1 unspecified atom stereocenters. The van der Waals surface area contributed by atoms with Crippen molar-refractivity contribution in [2.75, 3.05) is 13.1 Å². The Bertz CT molecular complexity index is 703. The number of piperidine rings is 1. The van der Waals surface area contributed by atoms with E-state index in [0.717, 1.165) is 24.9 Å². The molecule has 0 radical (unpaired) electrons. The van der Waals surface area contributed by atoms with Crippen LogP contribution in [0.3, 0.4) is 0 Å². The van der Waals surface area contributed by atoms with Crippen molar-refractivity contribution in [3.8, 4) is 0 Å². The molecular formula is C20H22ClFN2O. The Balaban J connectivity index is 1.56. The third kappa shape index (κ3) is 4.80. The van der Waals surface area contributed by atoms with Gasteiger partial charge in [0.05, 0.1) is 5.92 Å². The third-order valence-corrected chi connectivity index (χ3v) is 4.98. The fourth-order valence-corrected chi connectivity index (χ4v) is 3.47. The summed E-state index contributed by atoms with van der Waals surface area (Å²) in [5.74, 6) is -0.292. The second kappa shape index (κ2) is 8.45. The lowest BCUT2D eigenvalue weighted by atomic mass is 9.96. The van der Waals surface area contributed by atoms with E-state index < -0.39 is 0 Å². The molecule has 2 aromatic carbocycles. The van der Waals surface area contributed by atoms with Crippen LogP contribution in [0.2, 0.25) is 5.02 Å². The molecule has 25 heavy (non-hydrogen) atoms. The van der Waals surface area contributed by atoms with E-state index in [4.69, 9.17) is 11.6 Å². The van der Waals surface area contributed by atoms with E-state index in [9.17, 15) is 9.18 Å². The Kier molecular flexibility index (Phi) is 6.05. The van der Waals surface area contributed by atoms with Crippen molar-refractivity contribution < 1.29 is 9.18 Å². The van der Waals surface area contributed by atoms with Crippen LogP contribution in [-0.4, -0.2) is 23.9 Å². The first-order chi connectivity index (χ1) is 12.1. The van der Waals surface area contributed by atoms with Crippen LogP contribution < -0.4 is 5.32 Å². The molecule has 3 rings (SSSR count). The summed E-state index contributed by atoms with van der Waals surface area (Å²) in [5, 5.41) is 3.45. The average Bonchev–Trinajstić information content (AvgIpc) is 2.64. The molecule has 1 saturated heterocycles. The molecule has 0 aromatic heterocycles. The van der Waals surface area contributed by atoms with Gasteiger partial charge in [-0.15, -0.1) is 0 Å². The van der Waals surface area contributed by atoms with Gasteiger partial charge < -0.3 is 5.32 Å². The molecule has 1 aliphatic heterocycles. The minimum atomic E-state index is -0.289. The highest BCUT2D eigenvalue weighted by Gasteiger charge is 2.26. The average molecular weight is 361 g/mol. The quantitative estimate of drug-likeness (QED) is 0.873. The number of carbonyl (C=O) groups excluding carboxylic acids is 1. The molecule has 132 valence electrons. The van der Waals surface area contributed by atoms with Crippen LogP contribution in [0.25, 0.3) is 0 Å². The standard InChI is InChI=1S/C20H22ClFN2O/c21-18-9-4-10-19(22)17(18)14-24-11-5-8-16(13-24)20(25)23-12-15-6-2-1-3-7-15/h1-4,6-7,9-10,16H,5,8,11-14H2,(H,23,25). The molecule has 0 saturated carbocycles. The van der Waals surface area contributed by atoms with E-state index in [1.165, 1.54) is 6.07 Å². The Morgan fingerprint density at radius 2 is 2.00 bits per heavy atom. The number of amides is 1. The predicted octanol–water partition coefficient (Wildman–Crippen LogP) is 4.01. The lowest BCUT2D eigenvalue weighted by Crippen LogP contribution is -2.42. The van der Waals surface area contributed by atoms with Gasteiger partial charge in [0, 0.05) is 30.2 Å². The lowest BCUT2D eigenvalue weighted by Gasteiger charge is -2.32. The molecule has 1 fully saturated rings. The van der Waals surface area contributed by atoms with E-state index in [-0.39, 0.29) is 17.6 Å². The maximum atomic E-state index is 14.0. The second-order valence-corrected chi connectivity index (χ2v) is 6.89. The molecule has 0 spiro atoms. The minimum Gasteiger partial charge on any atom is -0.352 e. The Hall–Kier alpha value is -1.91. The SMILES string of the molecule is O=C(NCc1ccccc1)C1CCCN(Cc2c(F)cccc2Cl)C1. The molecule has 1 aliphatic rings. The van der Waals surface area contributed by atoms with Gasteiger partial charge in [0.1, 0.15) is 5.82 Å². The molecular weight excluding hydrogens is 339 g/mol. The number of likely N-dealkylation sites (tertiary alicyclic amines) is 1. The van der Waals surface area contributed by atoms with Crippen molar-refractivity contribution in [2.45, 2.75) is 25.9 Å². The van der Waals surface area contributed by atoms with Crippen LogP contribution in [0.5, 0.6) is 0 Å². The first kappa shape index (κ1) is 17.9. The zero-order valence-corrected chi connectivity index (χ0v) is 14.8. The van der Waals surface area contributed by atoms with Crippen molar-refractivity contribution in [1.82, 2.24) is 10.2 Å². The summed E-state index contributed by atoms with van der Waals surface area (Å²) < 4.78 is 14.0. The molecule has 2 aromatic rings. The molecule has 1 atom stereocenters. The van der Waals surface area contributed by atoms with E-state index in [1.807, 2.05) is 30.3 Å². The predicted molar refractivity (Wildman–Crippen MR) is 97.7 cm³/mol. The zero-order valence-electron chi connectivity index (χ0n) is 14.1. The first-order valence-electron chi connectivity index (χ1n) is 8.60. The second-order valence-electron chi connectivity index (χ2n) is 6.48. The van der Waals surface area contributed by atoms with Crippen molar-refractivity contribution in [2.24, 2.45) is 5.92 Å². The summed E-state index contributed by atoms with van der Waals surface area (Å²) in [7, 11) is 0. The highest BCUT2D eigenvalue weighted by atomic mass is 35.5. The van der Waals surface area contributed by atoms with E-state index in [1.54, 1.807) is 12.1 Å². The fourth-order valence-electron chi connectivity index (χ4n) is 3.25. The highest BCUT2D eigenvalue weighted by molar-refractivity contribution is 6.31. The lowest BCUT2D eigenvalue weighted by molar-refractivity contribution is -0.126. The summed E-state index contributed by atoms with van der Waals surface area (Å²) in [6, 6.07) is 14.6. The molecule has 1 amide bonds. The maximum Gasteiger partial charge on any atom is 0.224 e. The van der Waals surface area contributed by atoms with Crippen molar-refractivity contribution in [3.05, 3.63) is 70.5 Å². The summed E-state index contributed by atoms with van der Waals surface area (Å²) in [6.07, 6.45) is 1.79. The minimum absolute atomic E-state index is 0.0631. The van der Waals surface area contributed by atoms with Crippen LogP contribution in [0.1, 0.15) is 24.0 Å². The highest BCUT2D eigenvalue weighted by Crippen LogP contribution is 2.24. The van der Waals surface area contributed by atoms with E-state index >= 15 is 0 Å². The van der Waals surface area contributed by atoms with Crippen LogP contribution in [-0.2, 0) is 17.9 Å². The fraction of sp³-hybridized carbons (Fsp3) is 0.350. The van der Waals surface area contributed by atoms with Crippen LogP contribution >= 0.6 is 11.6 Å². The van der Waals surface area contributed by atoms with Crippen LogP contribution in [0.4, 0.5) is 4.39 Å². The molecule has 5 heteroatoms. The summed E-state index contributed by atoms with van der Waals surface area (Å²) in [4.78, 5) is 14.6. The van der Waals surface area contributed by atoms with Gasteiger partial charge in [-0.05, 0) is 37.1 Å². The number of hydrogen-bond acceptors (Lipinski definition) is 2. The van der Waals surface area contributed by atoms with Crippen LogP contribution in [0, 0.1) is 11.7 Å². The molecule has 1 N–H and O–H groups in total. The normalized spacial score (nSPS) is 18.1. The van der Waals surface area contributed by atoms with E-state index in [2.05, 4.69) is 10.2 Å². The van der Waals surface area contributed by atoms with Crippen LogP contribution in [0.15, 0.2) is 48.5 Å². The van der Waals surface area contributed by atoms with Gasteiger partial charge in [0.2, 0.25) is 5.91 Å². The van der Waals surface area contributed by atoms with E-state index in [0.29, 0.717) is 30.2 Å². The number of rotatable bonds is 5. The van der Waals surface area contributed by atoms with Gasteiger partial charge in [0.15, 0.2) is 0 Å². The molecule has 1 heterocycles. The summed E-state index contributed by atoms with van der Waals surface area (Å²) >= 11 is 6.12. The van der Waals surface area contributed by atoms with Crippen molar-refractivity contribution in [3.63, 3.8) is 0 Å². The first-order valence-corrected chi connectivity index (χ1v) is 8.98.